The SMILES string of the molecule is CC=CC(=O)OCC(O)COc1c(Br)cccc1Br. The monoisotopic (exact) mass is 392 g/mol. The number of aliphatic hydroxyl groups excluding tert-OH is 1. The number of rotatable bonds is 6. The van der Waals surface area contributed by atoms with Crippen molar-refractivity contribution in [1.82, 2.24) is 0 Å². The summed E-state index contributed by atoms with van der Waals surface area (Å²) in [6.07, 6.45) is 1.98. The minimum absolute atomic E-state index is 0.0321. The van der Waals surface area contributed by atoms with E-state index in [1.54, 1.807) is 13.0 Å². The van der Waals surface area contributed by atoms with Gasteiger partial charge in [-0.1, -0.05) is 12.1 Å². The summed E-state index contributed by atoms with van der Waals surface area (Å²) in [5.41, 5.74) is 0. The van der Waals surface area contributed by atoms with Gasteiger partial charge in [-0.05, 0) is 50.9 Å². The Labute approximate surface area is 128 Å². The summed E-state index contributed by atoms with van der Waals surface area (Å²) in [5, 5.41) is 9.65. The van der Waals surface area contributed by atoms with Gasteiger partial charge in [0.05, 0.1) is 8.95 Å². The van der Waals surface area contributed by atoms with Crippen molar-refractivity contribution in [3.8, 4) is 5.75 Å². The second-order valence-corrected chi connectivity index (χ2v) is 5.35. The van der Waals surface area contributed by atoms with Crippen molar-refractivity contribution in [3.05, 3.63) is 39.3 Å². The maximum atomic E-state index is 11.1. The lowest BCUT2D eigenvalue weighted by Crippen LogP contribution is -2.25. The molecule has 1 N–H and O–H groups in total. The molecule has 0 saturated carbocycles. The standard InChI is InChI=1S/C13H14Br2O4/c1-2-4-12(17)18-7-9(16)8-19-13-10(14)5-3-6-11(13)15/h2-6,9,16H,7-8H2,1H3. The van der Waals surface area contributed by atoms with Crippen molar-refractivity contribution in [2.75, 3.05) is 13.2 Å². The predicted octanol–water partition coefficient (Wildman–Crippen LogP) is 3.07. The van der Waals surface area contributed by atoms with E-state index in [2.05, 4.69) is 31.9 Å². The van der Waals surface area contributed by atoms with Gasteiger partial charge >= 0.3 is 5.97 Å². The van der Waals surface area contributed by atoms with Gasteiger partial charge in [0.1, 0.15) is 25.1 Å². The van der Waals surface area contributed by atoms with Crippen molar-refractivity contribution >= 4 is 37.8 Å². The molecule has 0 heterocycles. The molecule has 6 heteroatoms. The van der Waals surface area contributed by atoms with Crippen molar-refractivity contribution in [2.45, 2.75) is 13.0 Å². The minimum Gasteiger partial charge on any atom is -0.488 e. The first-order valence-corrected chi connectivity index (χ1v) is 7.17. The zero-order valence-corrected chi connectivity index (χ0v) is 13.5. The summed E-state index contributed by atoms with van der Waals surface area (Å²) in [5.74, 6) is 0.116. The molecule has 0 spiro atoms. The molecule has 0 bridgehead atoms. The maximum absolute atomic E-state index is 11.1. The first-order chi connectivity index (χ1) is 9.04. The van der Waals surface area contributed by atoms with Crippen molar-refractivity contribution in [1.29, 1.82) is 0 Å². The average molecular weight is 394 g/mol. The summed E-state index contributed by atoms with van der Waals surface area (Å²) in [6, 6.07) is 5.52. The Bertz CT molecular complexity index is 440. The zero-order valence-electron chi connectivity index (χ0n) is 10.3. The van der Waals surface area contributed by atoms with Crippen LogP contribution in [0.1, 0.15) is 6.92 Å². The fourth-order valence-electron chi connectivity index (χ4n) is 1.21. The number of carbonyl (C=O) groups excluding carboxylic acids is 1. The Morgan fingerprint density at radius 2 is 2.00 bits per heavy atom. The van der Waals surface area contributed by atoms with Crippen LogP contribution in [0.3, 0.4) is 0 Å². The largest absolute Gasteiger partial charge is 0.488 e. The van der Waals surface area contributed by atoms with Gasteiger partial charge in [0.25, 0.3) is 0 Å². The molecule has 0 amide bonds. The van der Waals surface area contributed by atoms with Crippen LogP contribution in [0.4, 0.5) is 0 Å². The highest BCUT2D eigenvalue weighted by atomic mass is 79.9. The number of hydrogen-bond acceptors (Lipinski definition) is 4. The maximum Gasteiger partial charge on any atom is 0.330 e. The van der Waals surface area contributed by atoms with Gasteiger partial charge in [-0.2, -0.15) is 0 Å². The molecule has 0 aliphatic carbocycles. The molecular formula is C13H14Br2O4. The van der Waals surface area contributed by atoms with Crippen LogP contribution in [0.2, 0.25) is 0 Å². The van der Waals surface area contributed by atoms with E-state index in [0.717, 1.165) is 8.95 Å². The number of hydrogen-bond donors (Lipinski definition) is 1. The fourth-order valence-corrected chi connectivity index (χ4v) is 2.44. The Balaban J connectivity index is 2.42. The van der Waals surface area contributed by atoms with E-state index >= 15 is 0 Å². The molecule has 1 aromatic carbocycles. The molecule has 0 fully saturated rings. The van der Waals surface area contributed by atoms with Gasteiger partial charge in [0, 0.05) is 6.08 Å². The summed E-state index contributed by atoms with van der Waals surface area (Å²) >= 11 is 6.70. The summed E-state index contributed by atoms with van der Waals surface area (Å²) in [4.78, 5) is 11.1. The number of allylic oxidation sites excluding steroid dienone is 1. The molecule has 0 aromatic heterocycles. The van der Waals surface area contributed by atoms with E-state index in [4.69, 9.17) is 9.47 Å². The smallest absolute Gasteiger partial charge is 0.330 e. The molecule has 104 valence electrons. The number of aliphatic hydroxyl groups is 1. The topological polar surface area (TPSA) is 55.8 Å². The van der Waals surface area contributed by atoms with Crippen LogP contribution in [0.25, 0.3) is 0 Å². The highest BCUT2D eigenvalue weighted by Crippen LogP contribution is 2.32. The fraction of sp³-hybridized carbons (Fsp3) is 0.308. The van der Waals surface area contributed by atoms with Gasteiger partial charge in [-0.15, -0.1) is 0 Å². The molecule has 0 aliphatic rings. The number of halogens is 2. The third kappa shape index (κ3) is 5.76. The van der Waals surface area contributed by atoms with Gasteiger partial charge in [-0.25, -0.2) is 4.79 Å². The number of esters is 1. The summed E-state index contributed by atoms with van der Waals surface area (Å²) < 4.78 is 11.8. The van der Waals surface area contributed by atoms with Crippen molar-refractivity contribution in [3.63, 3.8) is 0 Å². The molecule has 4 nitrogen and oxygen atoms in total. The molecular weight excluding hydrogens is 380 g/mol. The first kappa shape index (κ1) is 16.2. The van der Waals surface area contributed by atoms with Gasteiger partial charge in [-0.3, -0.25) is 0 Å². The van der Waals surface area contributed by atoms with Crippen LogP contribution in [-0.4, -0.2) is 30.4 Å². The third-order valence-corrected chi connectivity index (χ3v) is 3.31. The van der Waals surface area contributed by atoms with E-state index in [9.17, 15) is 9.90 Å². The van der Waals surface area contributed by atoms with E-state index in [1.165, 1.54) is 6.08 Å². The third-order valence-electron chi connectivity index (χ3n) is 2.06. The second-order valence-electron chi connectivity index (χ2n) is 3.65. The summed E-state index contributed by atoms with van der Waals surface area (Å²) in [7, 11) is 0. The van der Waals surface area contributed by atoms with Crippen LogP contribution in [0.15, 0.2) is 39.3 Å². The van der Waals surface area contributed by atoms with Crippen molar-refractivity contribution < 1.29 is 19.4 Å². The molecule has 1 atom stereocenters. The molecule has 1 rings (SSSR count). The first-order valence-electron chi connectivity index (χ1n) is 5.59. The number of carbonyl (C=O) groups is 1. The Morgan fingerprint density at radius 3 is 2.58 bits per heavy atom. The number of para-hydroxylation sites is 1. The van der Waals surface area contributed by atoms with Crippen molar-refractivity contribution in [2.24, 2.45) is 0 Å². The van der Waals surface area contributed by atoms with Crippen LogP contribution in [-0.2, 0) is 9.53 Å². The zero-order chi connectivity index (χ0) is 14.3. The minimum atomic E-state index is -0.881. The van der Waals surface area contributed by atoms with E-state index in [1.807, 2.05) is 18.2 Å². The van der Waals surface area contributed by atoms with Crippen LogP contribution < -0.4 is 4.74 Å². The molecule has 1 unspecified atom stereocenters. The highest BCUT2D eigenvalue weighted by molar-refractivity contribution is 9.11. The Hall–Kier alpha value is -0.850. The van der Waals surface area contributed by atoms with Gasteiger partial charge in [0.15, 0.2) is 0 Å². The second kappa shape index (κ2) is 8.35. The van der Waals surface area contributed by atoms with Gasteiger partial charge < -0.3 is 14.6 Å². The molecule has 0 saturated heterocycles. The average Bonchev–Trinajstić information content (AvgIpc) is 2.36. The van der Waals surface area contributed by atoms with Crippen LogP contribution in [0, 0.1) is 0 Å². The molecule has 19 heavy (non-hydrogen) atoms. The number of benzene rings is 1. The Morgan fingerprint density at radius 1 is 1.37 bits per heavy atom. The molecule has 0 radical (unpaired) electrons. The Kier molecular flexibility index (Phi) is 7.12. The van der Waals surface area contributed by atoms with E-state index in [0.29, 0.717) is 5.75 Å². The lowest BCUT2D eigenvalue weighted by atomic mass is 10.3. The quantitative estimate of drug-likeness (QED) is 0.596. The van der Waals surface area contributed by atoms with E-state index < -0.39 is 12.1 Å². The highest BCUT2D eigenvalue weighted by Gasteiger charge is 2.11. The summed E-state index contributed by atoms with van der Waals surface area (Å²) in [6.45, 7) is 1.64. The van der Waals surface area contributed by atoms with E-state index in [-0.39, 0.29) is 13.2 Å². The van der Waals surface area contributed by atoms with Crippen LogP contribution in [0.5, 0.6) is 5.75 Å². The number of ether oxygens (including phenoxy) is 2. The molecule has 1 aromatic rings. The predicted molar refractivity (Wildman–Crippen MR) is 79.1 cm³/mol. The lowest BCUT2D eigenvalue weighted by Gasteiger charge is -2.14. The molecule has 0 aliphatic heterocycles. The normalized spacial score (nSPS) is 12.4. The van der Waals surface area contributed by atoms with Crippen LogP contribution >= 0.6 is 31.9 Å². The lowest BCUT2D eigenvalue weighted by molar-refractivity contribution is -0.141. The van der Waals surface area contributed by atoms with Gasteiger partial charge in [0.2, 0.25) is 0 Å².